The van der Waals surface area contributed by atoms with Crippen LogP contribution in [0.25, 0.3) is 0 Å². The van der Waals surface area contributed by atoms with Crippen molar-refractivity contribution in [2.24, 2.45) is 0 Å². The molecule has 0 radical (unpaired) electrons. The van der Waals surface area contributed by atoms with E-state index in [1.54, 1.807) is 0 Å². The number of rotatable bonds is 4. The molecular weight excluding hydrogens is 336 g/mol. The Balaban J connectivity index is 1.59. The second-order valence-electron chi connectivity index (χ2n) is 6.40. The number of hydrogen-bond donors (Lipinski definition) is 2. The molecule has 2 aliphatic heterocycles. The predicted octanol–water partition coefficient (Wildman–Crippen LogP) is 1.94. The van der Waals surface area contributed by atoms with Crippen molar-refractivity contribution in [3.8, 4) is 0 Å². The molecule has 0 spiro atoms. The van der Waals surface area contributed by atoms with E-state index in [0.29, 0.717) is 0 Å². The Hall–Kier alpha value is -1.80. The van der Waals surface area contributed by atoms with Gasteiger partial charge in [-0.05, 0) is 0 Å². The fourth-order valence-electron chi connectivity index (χ4n) is 3.40. The van der Waals surface area contributed by atoms with Gasteiger partial charge >= 0.3 is 0 Å². The van der Waals surface area contributed by atoms with Crippen LogP contribution in [0.1, 0.15) is 23.7 Å². The monoisotopic (exact) mass is 358 g/mol. The first-order valence-electron chi connectivity index (χ1n) is 8.73. The van der Waals surface area contributed by atoms with Crippen molar-refractivity contribution >= 4 is 0 Å². The van der Waals surface area contributed by atoms with Gasteiger partial charge in [-0.3, -0.25) is 0 Å². The molecule has 2 N–H and O–H groups in total. The van der Waals surface area contributed by atoms with Gasteiger partial charge < -0.3 is 29.2 Å². The van der Waals surface area contributed by atoms with E-state index in [2.05, 4.69) is 0 Å². The first-order chi connectivity index (χ1) is 12.8. The lowest BCUT2D eigenvalue weighted by atomic mass is 9.99. The molecule has 2 heterocycles. The third kappa shape index (κ3) is 3.40. The maximum atomic E-state index is 9.85. The van der Waals surface area contributed by atoms with Gasteiger partial charge in [-0.1, -0.05) is 60.7 Å². The fraction of sp³-hybridized carbons (Fsp3) is 0.400. The number of hydrogen-bond acceptors (Lipinski definition) is 6. The van der Waals surface area contributed by atoms with Crippen molar-refractivity contribution in [2.75, 3.05) is 13.2 Å². The van der Waals surface area contributed by atoms with Crippen molar-refractivity contribution in [3.05, 3.63) is 71.8 Å². The molecule has 0 saturated carbocycles. The van der Waals surface area contributed by atoms with Gasteiger partial charge in [0.15, 0.2) is 12.6 Å². The molecule has 0 bridgehead atoms. The predicted molar refractivity (Wildman–Crippen MR) is 92.0 cm³/mol. The molecule has 6 nitrogen and oxygen atoms in total. The van der Waals surface area contributed by atoms with Crippen molar-refractivity contribution in [1.82, 2.24) is 0 Å². The molecule has 2 aromatic carbocycles. The zero-order chi connectivity index (χ0) is 17.9. The van der Waals surface area contributed by atoms with E-state index in [-0.39, 0.29) is 13.2 Å². The van der Waals surface area contributed by atoms with Gasteiger partial charge in [0.2, 0.25) is 0 Å². The molecule has 26 heavy (non-hydrogen) atoms. The fourth-order valence-corrected chi connectivity index (χ4v) is 3.40. The van der Waals surface area contributed by atoms with Gasteiger partial charge in [-0.2, -0.15) is 0 Å². The Bertz CT molecular complexity index is 632. The normalized spacial score (nSPS) is 34.2. The van der Waals surface area contributed by atoms with E-state index in [9.17, 15) is 10.2 Å². The molecule has 0 aliphatic carbocycles. The molecular formula is C20H22O6. The summed E-state index contributed by atoms with van der Waals surface area (Å²) in [4.78, 5) is 0. The standard InChI is InChI=1S/C20H22O6/c21-11-15-18-17(25-19(23-15)13-7-3-1-4-8-13)16(12-22)24-20(26-18)14-9-5-2-6-10-14/h1-10,15-22H,11-12H2/t15-,16-,17?,18?,19?,20?/m1/s1. The zero-order valence-corrected chi connectivity index (χ0v) is 14.2. The van der Waals surface area contributed by atoms with Gasteiger partial charge in [0.05, 0.1) is 13.2 Å². The van der Waals surface area contributed by atoms with Crippen LogP contribution in [0.3, 0.4) is 0 Å². The Morgan fingerprint density at radius 1 is 0.577 bits per heavy atom. The highest BCUT2D eigenvalue weighted by Gasteiger charge is 2.49. The zero-order valence-electron chi connectivity index (χ0n) is 14.2. The quantitative estimate of drug-likeness (QED) is 0.870. The lowest BCUT2D eigenvalue weighted by molar-refractivity contribution is -0.387. The Morgan fingerprint density at radius 2 is 0.962 bits per heavy atom. The first kappa shape index (κ1) is 17.6. The Morgan fingerprint density at radius 3 is 1.31 bits per heavy atom. The summed E-state index contributed by atoms with van der Waals surface area (Å²) in [6.07, 6.45) is -3.55. The second kappa shape index (κ2) is 7.84. The third-order valence-corrected chi connectivity index (χ3v) is 4.72. The van der Waals surface area contributed by atoms with E-state index in [1.807, 2.05) is 60.7 Å². The number of aliphatic hydroxyl groups excluding tert-OH is 2. The highest BCUT2D eigenvalue weighted by molar-refractivity contribution is 5.18. The number of aliphatic hydroxyl groups is 2. The van der Waals surface area contributed by atoms with Crippen LogP contribution in [0.15, 0.2) is 60.7 Å². The van der Waals surface area contributed by atoms with Crippen LogP contribution in [0.4, 0.5) is 0 Å². The van der Waals surface area contributed by atoms with E-state index >= 15 is 0 Å². The van der Waals surface area contributed by atoms with Gasteiger partial charge in [0.1, 0.15) is 24.4 Å². The molecule has 4 unspecified atom stereocenters. The maximum absolute atomic E-state index is 9.85. The van der Waals surface area contributed by atoms with E-state index in [1.165, 1.54) is 0 Å². The highest BCUT2D eigenvalue weighted by atomic mass is 16.8. The van der Waals surface area contributed by atoms with E-state index < -0.39 is 37.0 Å². The lowest BCUT2D eigenvalue weighted by Crippen LogP contribution is -2.59. The lowest BCUT2D eigenvalue weighted by Gasteiger charge is -2.48. The van der Waals surface area contributed by atoms with Crippen LogP contribution in [-0.4, -0.2) is 47.8 Å². The summed E-state index contributed by atoms with van der Waals surface area (Å²) in [5.41, 5.74) is 1.68. The van der Waals surface area contributed by atoms with Crippen LogP contribution in [0, 0.1) is 0 Å². The van der Waals surface area contributed by atoms with Crippen LogP contribution in [-0.2, 0) is 18.9 Å². The average Bonchev–Trinajstić information content (AvgIpc) is 2.73. The van der Waals surface area contributed by atoms with Gasteiger partial charge in [-0.15, -0.1) is 0 Å². The van der Waals surface area contributed by atoms with Gasteiger partial charge in [0, 0.05) is 11.1 Å². The summed E-state index contributed by atoms with van der Waals surface area (Å²) < 4.78 is 24.0. The molecule has 0 aromatic heterocycles. The van der Waals surface area contributed by atoms with E-state index in [4.69, 9.17) is 18.9 Å². The highest BCUT2D eigenvalue weighted by Crippen LogP contribution is 2.40. The Labute approximate surface area is 151 Å². The second-order valence-corrected chi connectivity index (χ2v) is 6.40. The minimum Gasteiger partial charge on any atom is -0.394 e. The van der Waals surface area contributed by atoms with Crippen molar-refractivity contribution in [1.29, 1.82) is 0 Å². The smallest absolute Gasteiger partial charge is 0.184 e. The largest absolute Gasteiger partial charge is 0.394 e. The molecule has 2 fully saturated rings. The van der Waals surface area contributed by atoms with E-state index in [0.717, 1.165) is 11.1 Å². The molecule has 138 valence electrons. The van der Waals surface area contributed by atoms with Crippen LogP contribution < -0.4 is 0 Å². The number of ether oxygens (including phenoxy) is 4. The van der Waals surface area contributed by atoms with Crippen molar-refractivity contribution in [2.45, 2.75) is 37.0 Å². The average molecular weight is 358 g/mol. The molecule has 4 rings (SSSR count). The molecule has 6 atom stereocenters. The first-order valence-corrected chi connectivity index (χ1v) is 8.73. The number of benzene rings is 2. The minimum absolute atomic E-state index is 0.215. The number of fused-ring (bicyclic) bond motifs is 1. The van der Waals surface area contributed by atoms with Crippen LogP contribution in [0.5, 0.6) is 0 Å². The maximum Gasteiger partial charge on any atom is 0.184 e. The SMILES string of the molecule is OC[C@H]1OC(c2ccccc2)OC2C1OC(c1ccccc1)O[C@@H]2CO. The molecule has 2 aliphatic rings. The third-order valence-electron chi connectivity index (χ3n) is 4.72. The molecule has 2 aromatic rings. The summed E-state index contributed by atoms with van der Waals surface area (Å²) in [6.45, 7) is -0.430. The van der Waals surface area contributed by atoms with Crippen molar-refractivity contribution in [3.63, 3.8) is 0 Å². The minimum atomic E-state index is -0.649. The summed E-state index contributed by atoms with van der Waals surface area (Å²) in [6, 6.07) is 19.0. The summed E-state index contributed by atoms with van der Waals surface area (Å²) in [5.74, 6) is 0. The van der Waals surface area contributed by atoms with Crippen LogP contribution >= 0.6 is 0 Å². The summed E-state index contributed by atoms with van der Waals surface area (Å²) in [7, 11) is 0. The summed E-state index contributed by atoms with van der Waals surface area (Å²) in [5, 5.41) is 19.7. The van der Waals surface area contributed by atoms with Crippen molar-refractivity contribution < 1.29 is 29.2 Å². The van der Waals surface area contributed by atoms with Crippen LogP contribution in [0.2, 0.25) is 0 Å². The summed E-state index contributed by atoms with van der Waals surface area (Å²) >= 11 is 0. The Kier molecular flexibility index (Phi) is 5.31. The topological polar surface area (TPSA) is 77.4 Å². The molecule has 2 saturated heterocycles. The van der Waals surface area contributed by atoms with Gasteiger partial charge in [0.25, 0.3) is 0 Å². The molecule has 0 amide bonds. The van der Waals surface area contributed by atoms with Gasteiger partial charge in [-0.25, -0.2) is 0 Å². The molecule has 6 heteroatoms.